The van der Waals surface area contributed by atoms with Crippen LogP contribution in [0.2, 0.25) is 0 Å². The maximum Gasteiger partial charge on any atom is 0.244 e. The molecule has 1 amide bonds. The Morgan fingerprint density at radius 2 is 1.88 bits per heavy atom. The van der Waals surface area contributed by atoms with E-state index in [1.807, 2.05) is 0 Å². The maximum absolute atomic E-state index is 12.7. The third-order valence-corrected chi connectivity index (χ3v) is 5.77. The Kier molecular flexibility index (Phi) is 5.02. The van der Waals surface area contributed by atoms with Crippen molar-refractivity contribution < 1.29 is 4.79 Å². The van der Waals surface area contributed by atoms with Crippen molar-refractivity contribution in [2.75, 3.05) is 26.2 Å². The molecule has 0 bridgehead atoms. The van der Waals surface area contributed by atoms with Crippen LogP contribution in [-0.2, 0) is 17.9 Å². The molecule has 0 aliphatic carbocycles. The molecule has 1 unspecified atom stereocenters. The zero-order valence-electron chi connectivity index (χ0n) is 15.3. The SMILES string of the molecule is O=C(Cn1ccnn1)N1CCCC2(CCCN(Cc3ccccc3)C2)C1. The number of piperidine rings is 2. The zero-order valence-corrected chi connectivity index (χ0v) is 15.3. The molecule has 1 spiro atoms. The van der Waals surface area contributed by atoms with E-state index < -0.39 is 0 Å². The number of amides is 1. The lowest BCUT2D eigenvalue weighted by molar-refractivity contribution is -0.136. The molecule has 2 aromatic rings. The second-order valence-electron chi connectivity index (χ2n) is 7.82. The normalized spacial score (nSPS) is 24.1. The van der Waals surface area contributed by atoms with E-state index in [1.54, 1.807) is 17.1 Å². The summed E-state index contributed by atoms with van der Waals surface area (Å²) < 4.78 is 1.62. The Bertz CT molecular complexity index is 713. The quantitative estimate of drug-likeness (QED) is 0.845. The predicted molar refractivity (Wildman–Crippen MR) is 99.2 cm³/mol. The number of rotatable bonds is 4. The molecule has 1 aromatic heterocycles. The summed E-state index contributed by atoms with van der Waals surface area (Å²) in [6.07, 6.45) is 8.14. The van der Waals surface area contributed by atoms with Gasteiger partial charge in [-0.2, -0.15) is 0 Å². The molecule has 1 aromatic carbocycles. The molecule has 0 N–H and O–H groups in total. The topological polar surface area (TPSA) is 54.3 Å². The predicted octanol–water partition coefficient (Wildman–Crippen LogP) is 2.18. The minimum absolute atomic E-state index is 0.162. The highest BCUT2D eigenvalue weighted by Gasteiger charge is 2.40. The molecule has 2 aliphatic heterocycles. The molecule has 0 radical (unpaired) electrons. The summed E-state index contributed by atoms with van der Waals surface area (Å²) in [7, 11) is 0. The molecule has 4 rings (SSSR count). The molecule has 6 nitrogen and oxygen atoms in total. The number of benzene rings is 1. The summed E-state index contributed by atoms with van der Waals surface area (Å²) in [5, 5.41) is 7.71. The Morgan fingerprint density at radius 3 is 2.65 bits per heavy atom. The molecule has 6 heteroatoms. The van der Waals surface area contributed by atoms with Crippen LogP contribution in [0.4, 0.5) is 0 Å². The number of hydrogen-bond acceptors (Lipinski definition) is 4. The lowest BCUT2D eigenvalue weighted by Gasteiger charge is -2.48. The third kappa shape index (κ3) is 3.96. The van der Waals surface area contributed by atoms with E-state index in [9.17, 15) is 4.79 Å². The van der Waals surface area contributed by atoms with Crippen LogP contribution in [0.15, 0.2) is 42.7 Å². The van der Waals surface area contributed by atoms with Crippen LogP contribution in [0.25, 0.3) is 0 Å². The van der Waals surface area contributed by atoms with E-state index in [1.165, 1.54) is 24.8 Å². The first kappa shape index (κ1) is 17.2. The van der Waals surface area contributed by atoms with E-state index in [4.69, 9.17) is 0 Å². The van der Waals surface area contributed by atoms with Gasteiger partial charge in [-0.05, 0) is 37.8 Å². The van der Waals surface area contributed by atoms with E-state index in [0.717, 1.165) is 39.1 Å². The minimum Gasteiger partial charge on any atom is -0.340 e. The number of carbonyl (C=O) groups is 1. The van der Waals surface area contributed by atoms with Gasteiger partial charge >= 0.3 is 0 Å². The first-order valence-electron chi connectivity index (χ1n) is 9.61. The van der Waals surface area contributed by atoms with Crippen molar-refractivity contribution >= 4 is 5.91 Å². The van der Waals surface area contributed by atoms with Gasteiger partial charge in [0, 0.05) is 37.8 Å². The Balaban J connectivity index is 1.39. The number of carbonyl (C=O) groups excluding carboxylic acids is 1. The van der Waals surface area contributed by atoms with Gasteiger partial charge in [0.05, 0.1) is 6.20 Å². The van der Waals surface area contributed by atoms with Crippen molar-refractivity contribution in [3.8, 4) is 0 Å². The van der Waals surface area contributed by atoms with Crippen molar-refractivity contribution in [2.24, 2.45) is 5.41 Å². The van der Waals surface area contributed by atoms with Crippen LogP contribution in [0.1, 0.15) is 31.2 Å². The van der Waals surface area contributed by atoms with Gasteiger partial charge in [-0.15, -0.1) is 5.10 Å². The molecule has 2 aliphatic rings. The summed E-state index contributed by atoms with van der Waals surface area (Å²) in [5.41, 5.74) is 1.63. The highest BCUT2D eigenvalue weighted by Crippen LogP contribution is 2.39. The van der Waals surface area contributed by atoms with Crippen LogP contribution < -0.4 is 0 Å². The monoisotopic (exact) mass is 353 g/mol. The number of hydrogen-bond donors (Lipinski definition) is 0. The average Bonchev–Trinajstić information content (AvgIpc) is 3.16. The fourth-order valence-electron chi connectivity index (χ4n) is 4.60. The van der Waals surface area contributed by atoms with Gasteiger partial charge in [-0.25, -0.2) is 4.68 Å². The van der Waals surface area contributed by atoms with E-state index in [2.05, 4.69) is 50.4 Å². The molecular formula is C20H27N5O. The highest BCUT2D eigenvalue weighted by atomic mass is 16.2. The van der Waals surface area contributed by atoms with Crippen LogP contribution in [-0.4, -0.2) is 56.9 Å². The van der Waals surface area contributed by atoms with Crippen LogP contribution in [0.3, 0.4) is 0 Å². The summed E-state index contributed by atoms with van der Waals surface area (Å²) in [6.45, 7) is 5.30. The van der Waals surface area contributed by atoms with Crippen LogP contribution >= 0.6 is 0 Å². The van der Waals surface area contributed by atoms with E-state index in [-0.39, 0.29) is 11.3 Å². The lowest BCUT2D eigenvalue weighted by atomic mass is 9.73. The largest absolute Gasteiger partial charge is 0.340 e. The lowest BCUT2D eigenvalue weighted by Crippen LogP contribution is -2.53. The molecule has 138 valence electrons. The zero-order chi connectivity index (χ0) is 17.8. The molecule has 2 saturated heterocycles. The number of aromatic nitrogens is 3. The Morgan fingerprint density at radius 1 is 1.08 bits per heavy atom. The second-order valence-corrected chi connectivity index (χ2v) is 7.82. The summed E-state index contributed by atoms with van der Waals surface area (Å²) in [4.78, 5) is 17.3. The van der Waals surface area contributed by atoms with Crippen molar-refractivity contribution in [1.82, 2.24) is 24.8 Å². The van der Waals surface area contributed by atoms with Crippen LogP contribution in [0.5, 0.6) is 0 Å². The highest BCUT2D eigenvalue weighted by molar-refractivity contribution is 5.76. The third-order valence-electron chi connectivity index (χ3n) is 5.77. The van der Waals surface area contributed by atoms with Gasteiger partial charge in [0.15, 0.2) is 0 Å². The van der Waals surface area contributed by atoms with Crippen molar-refractivity contribution in [3.05, 3.63) is 48.3 Å². The van der Waals surface area contributed by atoms with Gasteiger partial charge in [0.1, 0.15) is 6.54 Å². The van der Waals surface area contributed by atoms with E-state index >= 15 is 0 Å². The standard InChI is InChI=1S/C20H27N5O/c26-19(15-25-13-10-21-22-25)24-12-5-9-20(17-24)8-4-11-23(16-20)14-18-6-2-1-3-7-18/h1-3,6-7,10,13H,4-5,8-9,11-12,14-17H2. The Labute approximate surface area is 154 Å². The first-order valence-corrected chi connectivity index (χ1v) is 9.61. The smallest absolute Gasteiger partial charge is 0.244 e. The molecule has 1 atom stereocenters. The molecule has 3 heterocycles. The van der Waals surface area contributed by atoms with Gasteiger partial charge in [-0.1, -0.05) is 35.5 Å². The number of nitrogens with zero attached hydrogens (tertiary/aromatic N) is 5. The summed E-state index contributed by atoms with van der Waals surface area (Å²) in [5.74, 6) is 0.162. The van der Waals surface area contributed by atoms with E-state index in [0.29, 0.717) is 6.54 Å². The fourth-order valence-corrected chi connectivity index (χ4v) is 4.60. The summed E-state index contributed by atoms with van der Waals surface area (Å²) in [6, 6.07) is 10.7. The average molecular weight is 353 g/mol. The van der Waals surface area contributed by atoms with Gasteiger partial charge in [-0.3, -0.25) is 9.69 Å². The molecule has 26 heavy (non-hydrogen) atoms. The van der Waals surface area contributed by atoms with Crippen molar-refractivity contribution in [2.45, 2.75) is 38.8 Å². The maximum atomic E-state index is 12.7. The van der Waals surface area contributed by atoms with Crippen molar-refractivity contribution in [1.29, 1.82) is 0 Å². The first-order chi connectivity index (χ1) is 12.7. The Hall–Kier alpha value is -2.21. The van der Waals surface area contributed by atoms with Gasteiger partial charge in [0.2, 0.25) is 5.91 Å². The number of likely N-dealkylation sites (tertiary alicyclic amines) is 2. The molecular weight excluding hydrogens is 326 g/mol. The van der Waals surface area contributed by atoms with Crippen molar-refractivity contribution in [3.63, 3.8) is 0 Å². The fraction of sp³-hybridized carbons (Fsp3) is 0.550. The second kappa shape index (κ2) is 7.58. The molecule has 0 saturated carbocycles. The minimum atomic E-state index is 0.162. The molecule has 2 fully saturated rings. The van der Waals surface area contributed by atoms with Gasteiger partial charge < -0.3 is 4.90 Å². The summed E-state index contributed by atoms with van der Waals surface area (Å²) >= 11 is 0. The van der Waals surface area contributed by atoms with Gasteiger partial charge in [0.25, 0.3) is 0 Å². The van der Waals surface area contributed by atoms with Crippen LogP contribution in [0, 0.1) is 5.41 Å².